The highest BCUT2D eigenvalue weighted by Crippen LogP contribution is 2.35. The fraction of sp³-hybridized carbons (Fsp3) is 0.308. The molecule has 6 nitrogen and oxygen atoms in total. The van der Waals surface area contributed by atoms with Gasteiger partial charge in [0.2, 0.25) is 0 Å². The minimum Gasteiger partial charge on any atom is -0.299 e. The average Bonchev–Trinajstić information content (AvgIpc) is 2.75. The standard InChI is InChI=1S/C26H28N2O4/c1-17(29)23(18(2)30)15-27-25(21-11-7-5-8-12-21)26(22-13-9-6-10-14-22)28-16-24(19(3)31)20(4)32/h5-16,23-26H,1-4H3/t25-,26-/m0/s1. The molecule has 2 rings (SSSR count). The molecule has 0 saturated carbocycles. The summed E-state index contributed by atoms with van der Waals surface area (Å²) in [7, 11) is 0. The van der Waals surface area contributed by atoms with Crippen molar-refractivity contribution in [2.75, 3.05) is 0 Å². The summed E-state index contributed by atoms with van der Waals surface area (Å²) in [5, 5.41) is 0. The van der Waals surface area contributed by atoms with Gasteiger partial charge in [-0.3, -0.25) is 29.2 Å². The third-order valence-electron chi connectivity index (χ3n) is 5.12. The van der Waals surface area contributed by atoms with E-state index in [0.717, 1.165) is 11.1 Å². The van der Waals surface area contributed by atoms with Crippen LogP contribution in [0.5, 0.6) is 0 Å². The van der Waals surface area contributed by atoms with Crippen LogP contribution in [-0.4, -0.2) is 35.6 Å². The molecule has 0 heterocycles. The zero-order valence-electron chi connectivity index (χ0n) is 18.8. The first-order valence-electron chi connectivity index (χ1n) is 10.4. The van der Waals surface area contributed by atoms with Gasteiger partial charge >= 0.3 is 0 Å². The molecular weight excluding hydrogens is 404 g/mol. The quantitative estimate of drug-likeness (QED) is 0.393. The Morgan fingerprint density at radius 2 is 0.844 bits per heavy atom. The van der Waals surface area contributed by atoms with Crippen molar-refractivity contribution in [1.29, 1.82) is 0 Å². The summed E-state index contributed by atoms with van der Waals surface area (Å²) in [6.07, 6.45) is 2.75. The van der Waals surface area contributed by atoms with E-state index in [4.69, 9.17) is 0 Å². The molecule has 6 heteroatoms. The lowest BCUT2D eigenvalue weighted by Gasteiger charge is -2.23. The Kier molecular flexibility index (Phi) is 9.08. The predicted octanol–water partition coefficient (Wildman–Crippen LogP) is 4.20. The van der Waals surface area contributed by atoms with E-state index in [1.165, 1.54) is 40.1 Å². The fourth-order valence-electron chi connectivity index (χ4n) is 3.35. The van der Waals surface area contributed by atoms with Crippen molar-refractivity contribution in [1.82, 2.24) is 0 Å². The maximum absolute atomic E-state index is 11.9. The predicted molar refractivity (Wildman–Crippen MR) is 125 cm³/mol. The molecule has 2 atom stereocenters. The summed E-state index contributed by atoms with van der Waals surface area (Å²) in [5.41, 5.74) is 1.64. The normalized spacial score (nSPS) is 13.6. The Balaban J connectivity index is 2.61. The topological polar surface area (TPSA) is 93.0 Å². The van der Waals surface area contributed by atoms with Gasteiger partial charge in [-0.15, -0.1) is 0 Å². The SMILES string of the molecule is CC(=O)C(C=N[C@@H](c1ccccc1)[C@@H](N=CC(C(C)=O)C(C)=O)c1ccccc1)C(C)=O. The summed E-state index contributed by atoms with van der Waals surface area (Å²) in [4.78, 5) is 57.0. The Hall–Kier alpha value is -3.54. The van der Waals surface area contributed by atoms with E-state index in [1.54, 1.807) is 0 Å². The molecule has 0 fully saturated rings. The van der Waals surface area contributed by atoms with Gasteiger partial charge in [-0.25, -0.2) is 0 Å². The third-order valence-corrected chi connectivity index (χ3v) is 5.12. The molecule has 2 aromatic carbocycles. The van der Waals surface area contributed by atoms with Crippen molar-refractivity contribution in [2.24, 2.45) is 21.8 Å². The van der Waals surface area contributed by atoms with E-state index in [-0.39, 0.29) is 23.1 Å². The molecule has 0 saturated heterocycles. The molecule has 32 heavy (non-hydrogen) atoms. The van der Waals surface area contributed by atoms with Gasteiger partial charge in [-0.1, -0.05) is 60.7 Å². The molecule has 0 unspecified atom stereocenters. The lowest BCUT2D eigenvalue weighted by atomic mass is 9.93. The smallest absolute Gasteiger partial charge is 0.145 e. The van der Waals surface area contributed by atoms with Gasteiger partial charge in [0.05, 0.1) is 0 Å². The van der Waals surface area contributed by atoms with Crippen LogP contribution in [0.4, 0.5) is 0 Å². The molecule has 0 aliphatic rings. The molecule has 0 N–H and O–H groups in total. The number of benzene rings is 2. The zero-order chi connectivity index (χ0) is 23.7. The highest BCUT2D eigenvalue weighted by Gasteiger charge is 2.26. The lowest BCUT2D eigenvalue weighted by Crippen LogP contribution is -2.23. The first-order valence-corrected chi connectivity index (χ1v) is 10.4. The molecule has 166 valence electrons. The second kappa shape index (κ2) is 11.7. The van der Waals surface area contributed by atoms with E-state index >= 15 is 0 Å². The summed E-state index contributed by atoms with van der Waals surface area (Å²) in [5.74, 6) is -3.04. The first-order chi connectivity index (χ1) is 15.2. The number of hydrogen-bond acceptors (Lipinski definition) is 6. The second-order valence-electron chi connectivity index (χ2n) is 7.71. The number of carbonyl (C=O) groups excluding carboxylic acids is 4. The van der Waals surface area contributed by atoms with E-state index in [0.29, 0.717) is 0 Å². The number of ketones is 4. The van der Waals surface area contributed by atoms with Gasteiger partial charge in [-0.05, 0) is 38.8 Å². The highest BCUT2D eigenvalue weighted by atomic mass is 16.2. The van der Waals surface area contributed by atoms with Crippen molar-refractivity contribution in [3.8, 4) is 0 Å². The van der Waals surface area contributed by atoms with E-state index in [1.807, 2.05) is 60.7 Å². The number of carbonyl (C=O) groups is 4. The molecular formula is C26H28N2O4. The Morgan fingerprint density at radius 3 is 1.09 bits per heavy atom. The Bertz CT molecular complexity index is 901. The number of nitrogens with zero attached hydrogens (tertiary/aromatic N) is 2. The zero-order valence-corrected chi connectivity index (χ0v) is 18.8. The second-order valence-corrected chi connectivity index (χ2v) is 7.71. The highest BCUT2D eigenvalue weighted by molar-refractivity contribution is 6.13. The molecule has 0 bridgehead atoms. The summed E-state index contributed by atoms with van der Waals surface area (Å²) < 4.78 is 0. The van der Waals surface area contributed by atoms with Crippen LogP contribution >= 0.6 is 0 Å². The van der Waals surface area contributed by atoms with Crippen LogP contribution in [0.1, 0.15) is 50.9 Å². The molecule has 0 radical (unpaired) electrons. The lowest BCUT2D eigenvalue weighted by molar-refractivity contribution is -0.129. The molecule has 0 spiro atoms. The number of Topliss-reactive ketones (excluding diaryl/α,β-unsaturated/α-hetero) is 4. The van der Waals surface area contributed by atoms with Crippen LogP contribution in [0.3, 0.4) is 0 Å². The minimum absolute atomic E-state index is 0.291. The fourth-order valence-corrected chi connectivity index (χ4v) is 3.35. The van der Waals surface area contributed by atoms with Crippen LogP contribution in [0.25, 0.3) is 0 Å². The van der Waals surface area contributed by atoms with Crippen molar-refractivity contribution in [3.05, 3.63) is 71.8 Å². The number of rotatable bonds is 11. The maximum atomic E-state index is 11.9. The van der Waals surface area contributed by atoms with Crippen molar-refractivity contribution in [3.63, 3.8) is 0 Å². The van der Waals surface area contributed by atoms with E-state index in [9.17, 15) is 19.2 Å². The van der Waals surface area contributed by atoms with Gasteiger partial charge < -0.3 is 0 Å². The summed E-state index contributed by atoms with van der Waals surface area (Å²) in [6.45, 7) is 5.42. The number of hydrogen-bond donors (Lipinski definition) is 0. The van der Waals surface area contributed by atoms with Gasteiger partial charge in [0, 0.05) is 12.4 Å². The van der Waals surface area contributed by atoms with E-state index in [2.05, 4.69) is 9.98 Å². The molecule has 0 aromatic heterocycles. The van der Waals surface area contributed by atoms with Gasteiger partial charge in [0.1, 0.15) is 47.1 Å². The van der Waals surface area contributed by atoms with Crippen LogP contribution in [-0.2, 0) is 19.2 Å². The molecule has 2 aromatic rings. The minimum atomic E-state index is -0.941. The Labute approximate surface area is 188 Å². The first kappa shape index (κ1) is 24.7. The third kappa shape index (κ3) is 6.74. The number of aliphatic imine (C=N–C) groups is 2. The van der Waals surface area contributed by atoms with Gasteiger partial charge in [-0.2, -0.15) is 0 Å². The van der Waals surface area contributed by atoms with Gasteiger partial charge in [0.25, 0.3) is 0 Å². The summed E-state index contributed by atoms with van der Waals surface area (Å²) in [6, 6.07) is 17.6. The van der Waals surface area contributed by atoms with Crippen molar-refractivity contribution >= 4 is 35.6 Å². The van der Waals surface area contributed by atoms with Crippen molar-refractivity contribution in [2.45, 2.75) is 39.8 Å². The molecule has 0 aliphatic carbocycles. The average molecular weight is 433 g/mol. The van der Waals surface area contributed by atoms with Crippen molar-refractivity contribution < 1.29 is 19.2 Å². The van der Waals surface area contributed by atoms with Crippen LogP contribution in [0.15, 0.2) is 70.6 Å². The molecule has 0 aliphatic heterocycles. The maximum Gasteiger partial charge on any atom is 0.145 e. The van der Waals surface area contributed by atoms with E-state index < -0.39 is 23.9 Å². The van der Waals surface area contributed by atoms with Crippen LogP contribution < -0.4 is 0 Å². The molecule has 0 amide bonds. The van der Waals surface area contributed by atoms with Gasteiger partial charge in [0.15, 0.2) is 0 Å². The van der Waals surface area contributed by atoms with Crippen LogP contribution in [0, 0.1) is 11.8 Å². The van der Waals surface area contributed by atoms with Crippen LogP contribution in [0.2, 0.25) is 0 Å². The Morgan fingerprint density at radius 1 is 0.562 bits per heavy atom. The summed E-state index contributed by atoms with van der Waals surface area (Å²) >= 11 is 0. The monoisotopic (exact) mass is 432 g/mol. The largest absolute Gasteiger partial charge is 0.299 e.